The van der Waals surface area contributed by atoms with E-state index in [9.17, 15) is 9.18 Å². The van der Waals surface area contributed by atoms with Gasteiger partial charge in [0.25, 0.3) is 0 Å². The fourth-order valence-electron chi connectivity index (χ4n) is 2.58. The van der Waals surface area contributed by atoms with E-state index >= 15 is 0 Å². The molecule has 1 unspecified atom stereocenters. The second kappa shape index (κ2) is 6.95. The first kappa shape index (κ1) is 16.5. The Morgan fingerprint density at radius 3 is 2.68 bits per heavy atom. The van der Waals surface area contributed by atoms with Gasteiger partial charge in [-0.1, -0.05) is 24.3 Å². The lowest BCUT2D eigenvalue weighted by Gasteiger charge is -2.28. The predicted octanol–water partition coefficient (Wildman–Crippen LogP) is 4.63. The maximum Gasteiger partial charge on any atom is 0.410 e. The Hall–Kier alpha value is -1.84. The van der Waals surface area contributed by atoms with Gasteiger partial charge < -0.3 is 9.64 Å². The number of rotatable bonds is 3. The highest BCUT2D eigenvalue weighted by atomic mass is 19.1. The van der Waals surface area contributed by atoms with Crippen molar-refractivity contribution in [2.45, 2.75) is 51.7 Å². The summed E-state index contributed by atoms with van der Waals surface area (Å²) in [5.74, 6) is -0.232. The molecule has 1 aromatic rings. The van der Waals surface area contributed by atoms with Crippen molar-refractivity contribution in [2.75, 3.05) is 6.54 Å². The average molecular weight is 305 g/mol. The first-order valence-corrected chi connectivity index (χ1v) is 7.77. The Bertz CT molecular complexity index is 531. The van der Waals surface area contributed by atoms with Crippen LogP contribution in [0.5, 0.6) is 0 Å². The summed E-state index contributed by atoms with van der Waals surface area (Å²) in [5, 5.41) is 0. The van der Waals surface area contributed by atoms with Crippen LogP contribution in [0.2, 0.25) is 0 Å². The first-order chi connectivity index (χ1) is 10.3. The molecule has 1 amide bonds. The molecule has 0 spiro atoms. The summed E-state index contributed by atoms with van der Waals surface area (Å²) in [6.45, 7) is 6.39. The van der Waals surface area contributed by atoms with E-state index in [2.05, 4.69) is 0 Å². The molecule has 1 aromatic carbocycles. The molecule has 120 valence electrons. The van der Waals surface area contributed by atoms with Crippen molar-refractivity contribution in [1.82, 2.24) is 4.90 Å². The number of carbonyl (C=O) groups is 1. The molecule has 0 N–H and O–H groups in total. The van der Waals surface area contributed by atoms with Gasteiger partial charge in [-0.3, -0.25) is 0 Å². The fourth-order valence-corrected chi connectivity index (χ4v) is 2.58. The quantitative estimate of drug-likeness (QED) is 0.815. The number of benzene rings is 1. The SMILES string of the molecule is CC(C)(C)OC(=O)N1CCCC1C/C=C/c1ccc(F)cc1. The molecule has 1 fully saturated rings. The van der Waals surface area contributed by atoms with Gasteiger partial charge in [0.2, 0.25) is 0 Å². The van der Waals surface area contributed by atoms with Crippen LogP contribution in [-0.4, -0.2) is 29.2 Å². The Labute approximate surface area is 131 Å². The summed E-state index contributed by atoms with van der Waals surface area (Å²) in [7, 11) is 0. The van der Waals surface area contributed by atoms with Crippen LogP contribution < -0.4 is 0 Å². The number of amides is 1. The molecule has 1 saturated heterocycles. The molecule has 3 nitrogen and oxygen atoms in total. The molecule has 0 aromatic heterocycles. The number of likely N-dealkylation sites (tertiary alicyclic amines) is 1. The topological polar surface area (TPSA) is 29.5 Å². The number of hydrogen-bond donors (Lipinski definition) is 0. The van der Waals surface area contributed by atoms with E-state index < -0.39 is 5.60 Å². The van der Waals surface area contributed by atoms with Gasteiger partial charge in [-0.2, -0.15) is 0 Å². The normalized spacial score (nSPS) is 18.9. The number of halogens is 1. The number of carbonyl (C=O) groups excluding carboxylic acids is 1. The highest BCUT2D eigenvalue weighted by Crippen LogP contribution is 2.23. The lowest BCUT2D eigenvalue weighted by Crippen LogP contribution is -2.39. The van der Waals surface area contributed by atoms with Crippen molar-refractivity contribution in [3.63, 3.8) is 0 Å². The van der Waals surface area contributed by atoms with E-state index in [1.807, 2.05) is 37.8 Å². The zero-order chi connectivity index (χ0) is 16.2. The minimum Gasteiger partial charge on any atom is -0.444 e. The Balaban J connectivity index is 1.91. The molecule has 1 aliphatic rings. The molecule has 22 heavy (non-hydrogen) atoms. The van der Waals surface area contributed by atoms with Crippen molar-refractivity contribution in [3.05, 3.63) is 41.7 Å². The average Bonchev–Trinajstić information content (AvgIpc) is 2.88. The van der Waals surface area contributed by atoms with Crippen LogP contribution in [-0.2, 0) is 4.74 Å². The summed E-state index contributed by atoms with van der Waals surface area (Å²) in [5.41, 5.74) is 0.497. The third-order valence-corrected chi connectivity index (χ3v) is 3.59. The van der Waals surface area contributed by atoms with Gasteiger partial charge >= 0.3 is 6.09 Å². The van der Waals surface area contributed by atoms with Crippen LogP contribution in [0, 0.1) is 5.82 Å². The third kappa shape index (κ3) is 4.86. The molecule has 0 aliphatic carbocycles. The maximum absolute atomic E-state index is 12.8. The Morgan fingerprint density at radius 1 is 1.36 bits per heavy atom. The van der Waals surface area contributed by atoms with Gasteiger partial charge in [-0.15, -0.1) is 0 Å². The number of hydrogen-bond acceptors (Lipinski definition) is 2. The van der Waals surface area contributed by atoms with Crippen LogP contribution in [0.25, 0.3) is 6.08 Å². The fraction of sp³-hybridized carbons (Fsp3) is 0.500. The van der Waals surface area contributed by atoms with Crippen LogP contribution in [0.3, 0.4) is 0 Å². The van der Waals surface area contributed by atoms with Crippen molar-refractivity contribution in [2.24, 2.45) is 0 Å². The highest BCUT2D eigenvalue weighted by Gasteiger charge is 2.31. The van der Waals surface area contributed by atoms with Crippen LogP contribution >= 0.6 is 0 Å². The van der Waals surface area contributed by atoms with Crippen molar-refractivity contribution in [1.29, 1.82) is 0 Å². The minimum absolute atomic E-state index is 0.187. The van der Waals surface area contributed by atoms with E-state index in [1.54, 1.807) is 12.1 Å². The van der Waals surface area contributed by atoms with E-state index in [-0.39, 0.29) is 18.0 Å². The van der Waals surface area contributed by atoms with E-state index in [1.165, 1.54) is 12.1 Å². The third-order valence-electron chi connectivity index (χ3n) is 3.59. The van der Waals surface area contributed by atoms with E-state index in [4.69, 9.17) is 4.74 Å². The number of nitrogens with zero attached hydrogens (tertiary/aromatic N) is 1. The summed E-state index contributed by atoms with van der Waals surface area (Å²) in [6.07, 6.45) is 6.56. The molecule has 1 aliphatic heterocycles. The lowest BCUT2D eigenvalue weighted by molar-refractivity contribution is 0.0228. The maximum atomic E-state index is 12.8. The lowest BCUT2D eigenvalue weighted by atomic mass is 10.1. The van der Waals surface area contributed by atoms with Crippen LogP contribution in [0.15, 0.2) is 30.3 Å². The van der Waals surface area contributed by atoms with Crippen molar-refractivity contribution in [3.8, 4) is 0 Å². The molecule has 0 bridgehead atoms. The largest absolute Gasteiger partial charge is 0.444 e. The molecular weight excluding hydrogens is 281 g/mol. The van der Waals surface area contributed by atoms with Gasteiger partial charge in [0, 0.05) is 12.6 Å². The van der Waals surface area contributed by atoms with Gasteiger partial charge in [0.15, 0.2) is 0 Å². The molecule has 0 radical (unpaired) electrons. The highest BCUT2D eigenvalue weighted by molar-refractivity contribution is 5.69. The van der Waals surface area contributed by atoms with E-state index in [0.717, 1.165) is 31.4 Å². The molecule has 1 atom stereocenters. The van der Waals surface area contributed by atoms with Gasteiger partial charge in [0.1, 0.15) is 11.4 Å². The van der Waals surface area contributed by atoms with Gasteiger partial charge in [-0.05, 0) is 57.7 Å². The van der Waals surface area contributed by atoms with E-state index in [0.29, 0.717) is 0 Å². The summed E-state index contributed by atoms with van der Waals surface area (Å²) in [4.78, 5) is 14.0. The number of ether oxygens (including phenoxy) is 1. The van der Waals surface area contributed by atoms with Gasteiger partial charge in [0.05, 0.1) is 0 Å². The second-order valence-corrected chi connectivity index (χ2v) is 6.66. The molecular formula is C18H24FNO2. The first-order valence-electron chi connectivity index (χ1n) is 7.77. The molecule has 0 saturated carbocycles. The van der Waals surface area contributed by atoms with Crippen molar-refractivity contribution >= 4 is 12.2 Å². The predicted molar refractivity (Wildman–Crippen MR) is 86.0 cm³/mol. The Morgan fingerprint density at radius 2 is 2.05 bits per heavy atom. The molecule has 2 rings (SSSR count). The monoisotopic (exact) mass is 305 g/mol. The minimum atomic E-state index is -0.464. The van der Waals surface area contributed by atoms with Crippen LogP contribution in [0.1, 0.15) is 45.6 Å². The molecule has 4 heteroatoms. The molecule has 1 heterocycles. The summed E-state index contributed by atoms with van der Waals surface area (Å²) >= 11 is 0. The zero-order valence-corrected chi connectivity index (χ0v) is 13.5. The summed E-state index contributed by atoms with van der Waals surface area (Å²) < 4.78 is 18.3. The van der Waals surface area contributed by atoms with Crippen molar-refractivity contribution < 1.29 is 13.9 Å². The summed E-state index contributed by atoms with van der Waals surface area (Å²) in [6, 6.07) is 6.56. The van der Waals surface area contributed by atoms with Gasteiger partial charge in [-0.25, -0.2) is 9.18 Å². The second-order valence-electron chi connectivity index (χ2n) is 6.66. The zero-order valence-electron chi connectivity index (χ0n) is 13.5. The Kier molecular flexibility index (Phi) is 5.22. The standard InChI is InChI=1S/C18H24FNO2/c1-18(2,3)22-17(21)20-13-5-8-16(20)7-4-6-14-9-11-15(19)12-10-14/h4,6,9-12,16H,5,7-8,13H2,1-3H3/b6-4+. The van der Waals surface area contributed by atoms with Crippen LogP contribution in [0.4, 0.5) is 9.18 Å². The smallest absolute Gasteiger partial charge is 0.410 e.